The molecule has 2 aliphatic carbocycles. The predicted octanol–water partition coefficient (Wildman–Crippen LogP) is 2.46. The third-order valence-electron chi connectivity index (χ3n) is 8.18. The molecule has 5 rings (SSSR count). The fourth-order valence-corrected chi connectivity index (χ4v) is 5.81. The summed E-state index contributed by atoms with van der Waals surface area (Å²) in [6, 6.07) is 6.00. The zero-order chi connectivity index (χ0) is 27.9. The molecule has 40 heavy (non-hydrogen) atoms. The van der Waals surface area contributed by atoms with Gasteiger partial charge in [-0.3, -0.25) is 19.2 Å². The summed E-state index contributed by atoms with van der Waals surface area (Å²) in [6.45, 7) is 3.12. The van der Waals surface area contributed by atoms with Crippen LogP contribution in [0, 0.1) is 17.8 Å². The van der Waals surface area contributed by atoms with Crippen molar-refractivity contribution in [3.05, 3.63) is 47.0 Å². The minimum atomic E-state index is -0.641. The minimum Gasteiger partial charge on any atom is -0.356 e. The third kappa shape index (κ3) is 7.23. The number of aryl methyl sites for hydroxylation is 1. The molecule has 0 aromatic heterocycles. The lowest BCUT2D eigenvalue weighted by molar-refractivity contribution is -0.128. The van der Waals surface area contributed by atoms with Gasteiger partial charge in [-0.1, -0.05) is 18.2 Å². The summed E-state index contributed by atoms with van der Waals surface area (Å²) in [4.78, 5) is 48.5. The summed E-state index contributed by atoms with van der Waals surface area (Å²) in [7, 11) is 0. The molecular formula is C30H38N2O8. The predicted molar refractivity (Wildman–Crippen MR) is 143 cm³/mol. The molecule has 1 aromatic carbocycles. The Morgan fingerprint density at radius 1 is 0.800 bits per heavy atom. The van der Waals surface area contributed by atoms with Gasteiger partial charge in [0.2, 0.25) is 11.8 Å². The van der Waals surface area contributed by atoms with E-state index >= 15 is 0 Å². The van der Waals surface area contributed by atoms with E-state index in [1.165, 1.54) is 12.2 Å². The first-order valence-electron chi connectivity index (χ1n) is 14.4. The topological polar surface area (TPSA) is 129 Å². The average Bonchev–Trinajstić information content (AvgIpc) is 3.76. The number of hydrogen-bond acceptors (Lipinski definition) is 8. The van der Waals surface area contributed by atoms with E-state index in [2.05, 4.69) is 10.6 Å². The Kier molecular flexibility index (Phi) is 9.74. The number of amides is 2. The fourth-order valence-electron chi connectivity index (χ4n) is 5.81. The van der Waals surface area contributed by atoms with Crippen molar-refractivity contribution in [2.45, 2.75) is 57.5 Å². The lowest BCUT2D eigenvalue weighted by Gasteiger charge is -2.28. The Balaban J connectivity index is 1.01. The van der Waals surface area contributed by atoms with Crippen LogP contribution in [0.25, 0.3) is 0 Å². The van der Waals surface area contributed by atoms with E-state index in [-0.39, 0.29) is 29.3 Å². The number of benzene rings is 1. The number of nitrogens with one attached hydrogen (secondary N) is 2. The van der Waals surface area contributed by atoms with E-state index < -0.39 is 18.5 Å². The van der Waals surface area contributed by atoms with Crippen LogP contribution < -0.4 is 10.6 Å². The van der Waals surface area contributed by atoms with Gasteiger partial charge in [0.05, 0.1) is 32.3 Å². The maximum atomic E-state index is 12.6. The van der Waals surface area contributed by atoms with Crippen LogP contribution in [-0.2, 0) is 44.5 Å². The molecule has 0 radical (unpaired) electrons. The quantitative estimate of drug-likeness (QED) is 0.399. The number of carbonyl (C=O) groups excluding carboxylic acids is 4. The smallest absolute Gasteiger partial charge is 0.223 e. The Labute approximate surface area is 234 Å². The molecular weight excluding hydrogens is 516 g/mol. The zero-order valence-electron chi connectivity index (χ0n) is 22.7. The second-order valence-electron chi connectivity index (χ2n) is 10.9. The number of hydrogen-bond donors (Lipinski definition) is 2. The maximum Gasteiger partial charge on any atom is 0.223 e. The normalized spacial score (nSPS) is 24.2. The van der Waals surface area contributed by atoms with E-state index in [1.807, 2.05) is 18.2 Å². The number of allylic oxidation sites excluding steroid dienone is 2. The molecule has 0 bridgehead atoms. The lowest BCUT2D eigenvalue weighted by Crippen LogP contribution is -2.37. The average molecular weight is 555 g/mol. The second-order valence-corrected chi connectivity index (χ2v) is 10.9. The van der Waals surface area contributed by atoms with Crippen LogP contribution >= 0.6 is 0 Å². The van der Waals surface area contributed by atoms with E-state index in [0.717, 1.165) is 42.4 Å². The summed E-state index contributed by atoms with van der Waals surface area (Å²) < 4.78 is 22.8. The summed E-state index contributed by atoms with van der Waals surface area (Å²) in [5.41, 5.74) is 2.81. The van der Waals surface area contributed by atoms with Gasteiger partial charge in [0, 0.05) is 36.6 Å². The van der Waals surface area contributed by atoms with Crippen molar-refractivity contribution in [2.24, 2.45) is 17.8 Å². The van der Waals surface area contributed by atoms with Crippen LogP contribution in [0.2, 0.25) is 0 Å². The zero-order valence-corrected chi connectivity index (χ0v) is 22.7. The molecule has 1 aromatic rings. The van der Waals surface area contributed by atoms with Crippen LogP contribution in [0.3, 0.4) is 0 Å². The third-order valence-corrected chi connectivity index (χ3v) is 8.18. The lowest BCUT2D eigenvalue weighted by atomic mass is 9.81. The summed E-state index contributed by atoms with van der Waals surface area (Å²) in [6.07, 6.45) is 6.35. The van der Waals surface area contributed by atoms with E-state index in [4.69, 9.17) is 18.9 Å². The van der Waals surface area contributed by atoms with Crippen molar-refractivity contribution in [1.29, 1.82) is 0 Å². The second kappa shape index (κ2) is 13.6. The molecule has 216 valence electrons. The molecule has 2 aliphatic heterocycles. The molecule has 0 atom stereocenters. The van der Waals surface area contributed by atoms with Crippen molar-refractivity contribution in [3.8, 4) is 0 Å². The van der Waals surface area contributed by atoms with E-state index in [0.29, 0.717) is 64.7 Å². The first kappa shape index (κ1) is 28.6. The molecule has 1 saturated carbocycles. The largest absolute Gasteiger partial charge is 0.356 e. The Morgan fingerprint density at radius 3 is 2.08 bits per heavy atom. The number of ether oxygens (including phenoxy) is 4. The standard InChI is InChI=1S/C30H38N2O8/c33-25-8-9-26(34)23(25)11-12-31-28(36)21-5-1-20(2-6-21)18-32-27(35)10-4-19-3-7-22(29-37-13-14-38-29)24(17-19)30-39-15-16-40-30/h3,7-9,17,20-21,23,29-30H,1-2,4-6,10-16,18H2,(H,31,36)(H,32,35)/t20-,21-. The van der Waals surface area contributed by atoms with Gasteiger partial charge < -0.3 is 29.6 Å². The molecule has 2 amide bonds. The van der Waals surface area contributed by atoms with Gasteiger partial charge in [0.15, 0.2) is 24.1 Å². The van der Waals surface area contributed by atoms with Gasteiger partial charge in [-0.15, -0.1) is 0 Å². The van der Waals surface area contributed by atoms with Gasteiger partial charge in [-0.05, 0) is 62.2 Å². The monoisotopic (exact) mass is 554 g/mol. The molecule has 2 saturated heterocycles. The molecule has 2 N–H and O–H groups in total. The molecule has 0 spiro atoms. The van der Waals surface area contributed by atoms with E-state index in [1.54, 1.807) is 0 Å². The first-order valence-corrected chi connectivity index (χ1v) is 14.4. The Hall–Kier alpha value is -2.92. The van der Waals surface area contributed by atoms with Crippen LogP contribution in [-0.4, -0.2) is 62.9 Å². The molecule has 2 heterocycles. The van der Waals surface area contributed by atoms with Gasteiger partial charge >= 0.3 is 0 Å². The molecule has 10 heteroatoms. The number of rotatable bonds is 11. The van der Waals surface area contributed by atoms with Crippen molar-refractivity contribution in [2.75, 3.05) is 39.5 Å². The van der Waals surface area contributed by atoms with Crippen LogP contribution in [0.15, 0.2) is 30.4 Å². The summed E-state index contributed by atoms with van der Waals surface area (Å²) in [5.74, 6) is -0.723. The SMILES string of the molecule is O=C(CCc1ccc(C2OCCO2)c(C2OCCO2)c1)NC[C@H]1CC[C@H](C(=O)NCCC2C(=O)C=CC2=O)CC1. The van der Waals surface area contributed by atoms with Crippen LogP contribution in [0.5, 0.6) is 0 Å². The fraction of sp³-hybridized carbons (Fsp3) is 0.600. The highest BCUT2D eigenvalue weighted by Gasteiger charge is 2.30. The van der Waals surface area contributed by atoms with Crippen molar-refractivity contribution in [1.82, 2.24) is 10.6 Å². The summed E-state index contributed by atoms with van der Waals surface area (Å²) >= 11 is 0. The van der Waals surface area contributed by atoms with Crippen molar-refractivity contribution in [3.63, 3.8) is 0 Å². The highest BCUT2D eigenvalue weighted by Crippen LogP contribution is 2.34. The highest BCUT2D eigenvalue weighted by atomic mass is 16.7. The first-order chi connectivity index (χ1) is 19.5. The Morgan fingerprint density at radius 2 is 1.43 bits per heavy atom. The van der Waals surface area contributed by atoms with Crippen molar-refractivity contribution < 1.29 is 38.1 Å². The van der Waals surface area contributed by atoms with Crippen molar-refractivity contribution >= 4 is 23.4 Å². The van der Waals surface area contributed by atoms with Gasteiger partial charge in [-0.25, -0.2) is 0 Å². The molecule has 10 nitrogen and oxygen atoms in total. The number of carbonyl (C=O) groups is 4. The molecule has 0 unspecified atom stereocenters. The van der Waals surface area contributed by atoms with Crippen LogP contribution in [0.1, 0.15) is 67.8 Å². The van der Waals surface area contributed by atoms with Gasteiger partial charge in [0.1, 0.15) is 0 Å². The van der Waals surface area contributed by atoms with Gasteiger partial charge in [0.25, 0.3) is 0 Å². The Bertz CT molecular complexity index is 1100. The van der Waals surface area contributed by atoms with E-state index in [9.17, 15) is 19.2 Å². The minimum absolute atomic E-state index is 0.00631. The molecule has 4 aliphatic rings. The van der Waals surface area contributed by atoms with Gasteiger partial charge in [-0.2, -0.15) is 0 Å². The summed E-state index contributed by atoms with van der Waals surface area (Å²) in [5, 5.41) is 5.96. The molecule has 3 fully saturated rings. The maximum absolute atomic E-state index is 12.6. The highest BCUT2D eigenvalue weighted by molar-refractivity contribution is 6.18. The van der Waals surface area contributed by atoms with Crippen LogP contribution in [0.4, 0.5) is 0 Å². The number of ketones is 2.